The third kappa shape index (κ3) is 4.28. The molecule has 0 aliphatic heterocycles. The van der Waals surface area contributed by atoms with Crippen LogP contribution in [0.3, 0.4) is 0 Å². The molecule has 1 aliphatic carbocycles. The van der Waals surface area contributed by atoms with Crippen molar-refractivity contribution in [1.29, 1.82) is 0 Å². The summed E-state index contributed by atoms with van der Waals surface area (Å²) in [6.45, 7) is 2.53. The molecule has 1 fully saturated rings. The Morgan fingerprint density at radius 2 is 1.87 bits per heavy atom. The minimum absolute atomic E-state index is 0.203. The van der Waals surface area contributed by atoms with E-state index in [1.807, 2.05) is 31.2 Å². The van der Waals surface area contributed by atoms with Crippen LogP contribution in [0.1, 0.15) is 47.3 Å². The van der Waals surface area contributed by atoms with Gasteiger partial charge in [0, 0.05) is 12.6 Å². The Kier molecular flexibility index (Phi) is 4.86. The molecule has 0 saturated heterocycles. The van der Waals surface area contributed by atoms with Crippen LogP contribution >= 0.6 is 0 Å². The van der Waals surface area contributed by atoms with Gasteiger partial charge in [-0.05, 0) is 25.3 Å². The Hall–Kier alpha value is -2.43. The first-order chi connectivity index (χ1) is 11.2. The molecular weight excluding hydrogens is 288 g/mol. The summed E-state index contributed by atoms with van der Waals surface area (Å²) >= 11 is 0. The Balaban J connectivity index is 1.53. The van der Waals surface area contributed by atoms with Crippen LogP contribution in [0, 0.1) is 6.92 Å². The third-order valence-corrected chi connectivity index (χ3v) is 4.17. The summed E-state index contributed by atoms with van der Waals surface area (Å²) in [5.74, 6) is 0.539. The molecule has 1 saturated carbocycles. The molecule has 0 spiro atoms. The second-order valence-electron chi connectivity index (χ2n) is 6.08. The maximum absolute atomic E-state index is 12.1. The lowest BCUT2D eigenvalue weighted by Crippen LogP contribution is -2.24. The molecule has 2 N–H and O–H groups in total. The van der Waals surface area contributed by atoms with Crippen LogP contribution in [0.5, 0.6) is 0 Å². The monoisotopic (exact) mass is 310 g/mol. The molecule has 0 unspecified atom stereocenters. The summed E-state index contributed by atoms with van der Waals surface area (Å²) < 4.78 is 0. The number of hydrogen-bond acceptors (Lipinski definition) is 4. The largest absolute Gasteiger partial charge is 0.366 e. The summed E-state index contributed by atoms with van der Waals surface area (Å²) in [6.07, 6.45) is 8.07. The van der Waals surface area contributed by atoms with Crippen LogP contribution in [-0.2, 0) is 6.54 Å². The van der Waals surface area contributed by atoms with Gasteiger partial charge in [0.2, 0.25) is 0 Å². The number of benzene rings is 1. The highest BCUT2D eigenvalue weighted by Gasteiger charge is 2.15. The van der Waals surface area contributed by atoms with E-state index in [0.29, 0.717) is 18.3 Å². The van der Waals surface area contributed by atoms with E-state index >= 15 is 0 Å². The van der Waals surface area contributed by atoms with Crippen molar-refractivity contribution in [2.75, 3.05) is 5.32 Å². The first-order valence-electron chi connectivity index (χ1n) is 8.13. The van der Waals surface area contributed by atoms with E-state index in [1.165, 1.54) is 37.4 Å². The van der Waals surface area contributed by atoms with E-state index in [9.17, 15) is 4.79 Å². The number of rotatable bonds is 5. The zero-order valence-electron chi connectivity index (χ0n) is 13.4. The molecule has 1 heterocycles. The average Bonchev–Trinajstić information content (AvgIpc) is 3.08. The fourth-order valence-corrected chi connectivity index (χ4v) is 2.78. The summed E-state index contributed by atoms with van der Waals surface area (Å²) in [7, 11) is 0. The van der Waals surface area contributed by atoms with Gasteiger partial charge >= 0.3 is 0 Å². The lowest BCUT2D eigenvalue weighted by atomic mass is 10.1. The molecule has 1 amide bonds. The van der Waals surface area contributed by atoms with Crippen LogP contribution in [0.25, 0.3) is 0 Å². The van der Waals surface area contributed by atoms with Gasteiger partial charge in [0.15, 0.2) is 0 Å². The normalized spacial score (nSPS) is 14.7. The van der Waals surface area contributed by atoms with Crippen molar-refractivity contribution in [2.24, 2.45) is 0 Å². The molecule has 0 atom stereocenters. The Bertz CT molecular complexity index is 646. The van der Waals surface area contributed by atoms with E-state index in [0.717, 1.165) is 11.4 Å². The minimum atomic E-state index is -0.203. The molecule has 0 radical (unpaired) electrons. The fraction of sp³-hybridized carbons (Fsp3) is 0.389. The summed E-state index contributed by atoms with van der Waals surface area (Å²) in [5, 5.41) is 6.23. The summed E-state index contributed by atoms with van der Waals surface area (Å²) in [5.41, 5.74) is 2.61. The number of hydrogen-bond donors (Lipinski definition) is 2. The Labute approximate surface area is 136 Å². The lowest BCUT2D eigenvalue weighted by molar-refractivity contribution is 0.0945. The molecule has 5 nitrogen and oxygen atoms in total. The number of carbonyl (C=O) groups is 1. The van der Waals surface area contributed by atoms with Gasteiger partial charge in [-0.15, -0.1) is 0 Å². The standard InChI is InChI=1S/C18H22N4O/c1-13-6-8-14(9-7-13)10-21-18(23)16-11-20-17(12-19-16)22-15-4-2-3-5-15/h6-9,11-12,15H,2-5,10H2,1H3,(H,20,22)(H,21,23). The van der Waals surface area contributed by atoms with E-state index in [1.54, 1.807) is 6.20 Å². The number of nitrogens with one attached hydrogen (secondary N) is 2. The van der Waals surface area contributed by atoms with Crippen molar-refractivity contribution >= 4 is 11.7 Å². The maximum atomic E-state index is 12.1. The van der Waals surface area contributed by atoms with Crippen molar-refractivity contribution in [3.05, 3.63) is 53.5 Å². The van der Waals surface area contributed by atoms with Crippen molar-refractivity contribution < 1.29 is 4.79 Å². The number of carbonyl (C=O) groups excluding carboxylic acids is 1. The molecule has 1 aromatic heterocycles. The zero-order valence-corrected chi connectivity index (χ0v) is 13.4. The van der Waals surface area contributed by atoms with Crippen molar-refractivity contribution in [2.45, 2.75) is 45.2 Å². The fourth-order valence-electron chi connectivity index (χ4n) is 2.78. The van der Waals surface area contributed by atoms with Gasteiger partial charge in [-0.2, -0.15) is 0 Å². The summed E-state index contributed by atoms with van der Waals surface area (Å²) in [4.78, 5) is 20.6. The minimum Gasteiger partial charge on any atom is -0.366 e. The molecule has 5 heteroatoms. The highest BCUT2D eigenvalue weighted by molar-refractivity contribution is 5.91. The Morgan fingerprint density at radius 3 is 2.52 bits per heavy atom. The van der Waals surface area contributed by atoms with E-state index in [-0.39, 0.29) is 5.91 Å². The average molecular weight is 310 g/mol. The maximum Gasteiger partial charge on any atom is 0.271 e. The number of aromatic nitrogens is 2. The molecular formula is C18H22N4O. The molecule has 1 aromatic carbocycles. The predicted octanol–water partition coefficient (Wildman–Crippen LogP) is 3.07. The predicted molar refractivity (Wildman–Crippen MR) is 90.3 cm³/mol. The lowest BCUT2D eigenvalue weighted by Gasteiger charge is -2.12. The van der Waals surface area contributed by atoms with E-state index in [4.69, 9.17) is 0 Å². The van der Waals surface area contributed by atoms with Crippen molar-refractivity contribution in [3.8, 4) is 0 Å². The number of nitrogens with zero attached hydrogens (tertiary/aromatic N) is 2. The van der Waals surface area contributed by atoms with Crippen molar-refractivity contribution in [1.82, 2.24) is 15.3 Å². The highest BCUT2D eigenvalue weighted by Crippen LogP contribution is 2.20. The molecule has 3 rings (SSSR count). The van der Waals surface area contributed by atoms with Crippen LogP contribution in [0.15, 0.2) is 36.7 Å². The zero-order chi connectivity index (χ0) is 16.1. The third-order valence-electron chi connectivity index (χ3n) is 4.17. The van der Waals surface area contributed by atoms with Gasteiger partial charge < -0.3 is 10.6 Å². The van der Waals surface area contributed by atoms with Gasteiger partial charge in [-0.1, -0.05) is 42.7 Å². The molecule has 120 valence electrons. The van der Waals surface area contributed by atoms with Gasteiger partial charge in [0.1, 0.15) is 11.5 Å². The van der Waals surface area contributed by atoms with Gasteiger partial charge in [0.05, 0.1) is 12.4 Å². The van der Waals surface area contributed by atoms with Crippen LogP contribution in [0.4, 0.5) is 5.82 Å². The molecule has 0 bridgehead atoms. The first-order valence-corrected chi connectivity index (χ1v) is 8.13. The first kappa shape index (κ1) is 15.5. The second-order valence-corrected chi connectivity index (χ2v) is 6.08. The highest BCUT2D eigenvalue weighted by atomic mass is 16.1. The topological polar surface area (TPSA) is 66.9 Å². The molecule has 23 heavy (non-hydrogen) atoms. The van der Waals surface area contributed by atoms with Crippen LogP contribution in [-0.4, -0.2) is 21.9 Å². The second kappa shape index (κ2) is 7.22. The van der Waals surface area contributed by atoms with Gasteiger partial charge in [-0.25, -0.2) is 9.97 Å². The smallest absolute Gasteiger partial charge is 0.271 e. The SMILES string of the molecule is Cc1ccc(CNC(=O)c2cnc(NC3CCCC3)cn2)cc1. The quantitative estimate of drug-likeness (QED) is 0.890. The van der Waals surface area contributed by atoms with E-state index < -0.39 is 0 Å². The number of aryl methyl sites for hydroxylation is 1. The van der Waals surface area contributed by atoms with Crippen molar-refractivity contribution in [3.63, 3.8) is 0 Å². The van der Waals surface area contributed by atoms with Crippen LogP contribution < -0.4 is 10.6 Å². The molecule has 1 aliphatic rings. The van der Waals surface area contributed by atoms with E-state index in [2.05, 4.69) is 20.6 Å². The number of amides is 1. The Morgan fingerprint density at radius 1 is 1.13 bits per heavy atom. The van der Waals surface area contributed by atoms with Gasteiger partial charge in [-0.3, -0.25) is 4.79 Å². The van der Waals surface area contributed by atoms with Crippen LogP contribution in [0.2, 0.25) is 0 Å². The van der Waals surface area contributed by atoms with Gasteiger partial charge in [0.25, 0.3) is 5.91 Å². The molecule has 2 aromatic rings. The number of anilines is 1. The summed E-state index contributed by atoms with van der Waals surface area (Å²) in [6, 6.07) is 8.58.